The van der Waals surface area contributed by atoms with Crippen LogP contribution in [0.25, 0.3) is 0 Å². The highest BCUT2D eigenvalue weighted by Gasteiger charge is 2.19. The van der Waals surface area contributed by atoms with Crippen molar-refractivity contribution < 1.29 is 4.74 Å². The number of aromatic nitrogens is 2. The van der Waals surface area contributed by atoms with Crippen LogP contribution in [0.2, 0.25) is 0 Å². The van der Waals surface area contributed by atoms with Gasteiger partial charge in [0.15, 0.2) is 0 Å². The van der Waals surface area contributed by atoms with Gasteiger partial charge in [-0.2, -0.15) is 0 Å². The number of rotatable bonds is 4. The van der Waals surface area contributed by atoms with E-state index in [1.807, 2.05) is 12.5 Å². The van der Waals surface area contributed by atoms with E-state index in [0.717, 1.165) is 32.7 Å². The van der Waals surface area contributed by atoms with Crippen molar-refractivity contribution in [2.45, 2.75) is 25.9 Å². The van der Waals surface area contributed by atoms with Gasteiger partial charge in [0.25, 0.3) is 0 Å². The fourth-order valence-electron chi connectivity index (χ4n) is 1.79. The third-order valence-corrected chi connectivity index (χ3v) is 2.60. The van der Waals surface area contributed by atoms with Crippen LogP contribution >= 0.6 is 0 Å². The van der Waals surface area contributed by atoms with Crippen molar-refractivity contribution in [3.63, 3.8) is 0 Å². The molecule has 2 rings (SSSR count). The molecule has 4 nitrogen and oxygen atoms in total. The molecule has 14 heavy (non-hydrogen) atoms. The van der Waals surface area contributed by atoms with Crippen LogP contribution < -0.4 is 5.32 Å². The van der Waals surface area contributed by atoms with E-state index >= 15 is 0 Å². The second kappa shape index (κ2) is 4.57. The van der Waals surface area contributed by atoms with Gasteiger partial charge in [-0.15, -0.1) is 0 Å². The predicted octanol–water partition coefficient (Wildman–Crippen LogP) is 0.954. The van der Waals surface area contributed by atoms with Gasteiger partial charge in [0, 0.05) is 19.3 Å². The molecule has 1 fully saturated rings. The Morgan fingerprint density at radius 1 is 1.71 bits per heavy atom. The van der Waals surface area contributed by atoms with E-state index in [2.05, 4.69) is 21.8 Å². The number of hydrogen-bond donors (Lipinski definition) is 1. The standard InChI is InChI=1S/C10H17N3O/c1-2-11-5-10-6-12-8-13(10)9-3-4-14-7-9/h6,8-9,11H,2-5,7H2,1H3. The first-order chi connectivity index (χ1) is 6.92. The summed E-state index contributed by atoms with van der Waals surface area (Å²) in [5.74, 6) is 0. The van der Waals surface area contributed by atoms with Gasteiger partial charge in [-0.1, -0.05) is 6.92 Å². The normalized spacial score (nSPS) is 21.6. The van der Waals surface area contributed by atoms with Crippen LogP contribution in [0.4, 0.5) is 0 Å². The summed E-state index contributed by atoms with van der Waals surface area (Å²) < 4.78 is 7.60. The minimum Gasteiger partial charge on any atom is -0.379 e. The zero-order valence-electron chi connectivity index (χ0n) is 8.57. The lowest BCUT2D eigenvalue weighted by Crippen LogP contribution is -2.18. The van der Waals surface area contributed by atoms with Gasteiger partial charge in [-0.3, -0.25) is 0 Å². The quantitative estimate of drug-likeness (QED) is 0.777. The van der Waals surface area contributed by atoms with Gasteiger partial charge in [-0.05, 0) is 13.0 Å². The summed E-state index contributed by atoms with van der Waals surface area (Å²) in [5.41, 5.74) is 1.25. The molecule has 2 heterocycles. The zero-order valence-corrected chi connectivity index (χ0v) is 8.57. The van der Waals surface area contributed by atoms with Crippen molar-refractivity contribution in [1.82, 2.24) is 14.9 Å². The first-order valence-electron chi connectivity index (χ1n) is 5.21. The van der Waals surface area contributed by atoms with Crippen LogP contribution in [0.5, 0.6) is 0 Å². The Labute approximate surface area is 84.3 Å². The summed E-state index contributed by atoms with van der Waals surface area (Å²) >= 11 is 0. The molecule has 1 aromatic rings. The first kappa shape index (κ1) is 9.68. The SMILES string of the molecule is CCNCc1cncn1C1CCOC1. The van der Waals surface area contributed by atoms with Crippen molar-refractivity contribution in [3.8, 4) is 0 Å². The minimum atomic E-state index is 0.492. The monoisotopic (exact) mass is 195 g/mol. The fourth-order valence-corrected chi connectivity index (χ4v) is 1.79. The topological polar surface area (TPSA) is 39.1 Å². The summed E-state index contributed by atoms with van der Waals surface area (Å²) in [5, 5.41) is 3.31. The molecular formula is C10H17N3O. The molecule has 0 saturated carbocycles. The number of nitrogens with one attached hydrogen (secondary N) is 1. The average Bonchev–Trinajstić information content (AvgIpc) is 2.84. The third kappa shape index (κ3) is 1.96. The molecule has 1 aliphatic heterocycles. The molecule has 0 spiro atoms. The van der Waals surface area contributed by atoms with Crippen LogP contribution in [0.15, 0.2) is 12.5 Å². The number of imidazole rings is 1. The molecule has 0 radical (unpaired) electrons. The number of hydrogen-bond acceptors (Lipinski definition) is 3. The van der Waals surface area contributed by atoms with Gasteiger partial charge in [0.2, 0.25) is 0 Å². The second-order valence-electron chi connectivity index (χ2n) is 3.59. The van der Waals surface area contributed by atoms with E-state index < -0.39 is 0 Å². The number of nitrogens with zero attached hydrogens (tertiary/aromatic N) is 2. The Kier molecular flexibility index (Phi) is 3.16. The smallest absolute Gasteiger partial charge is 0.0952 e. The Balaban J connectivity index is 2.04. The third-order valence-electron chi connectivity index (χ3n) is 2.60. The maximum absolute atomic E-state index is 5.37. The molecule has 78 valence electrons. The van der Waals surface area contributed by atoms with Gasteiger partial charge in [-0.25, -0.2) is 4.98 Å². The lowest BCUT2D eigenvalue weighted by atomic mass is 10.2. The highest BCUT2D eigenvalue weighted by molar-refractivity contribution is 5.00. The summed E-state index contributed by atoms with van der Waals surface area (Å²) in [6, 6.07) is 0.492. The molecule has 1 N–H and O–H groups in total. The van der Waals surface area contributed by atoms with Crippen LogP contribution in [-0.2, 0) is 11.3 Å². The summed E-state index contributed by atoms with van der Waals surface area (Å²) in [6.07, 6.45) is 4.95. The maximum atomic E-state index is 5.37. The maximum Gasteiger partial charge on any atom is 0.0952 e. The second-order valence-corrected chi connectivity index (χ2v) is 3.59. The first-order valence-corrected chi connectivity index (χ1v) is 5.21. The zero-order chi connectivity index (χ0) is 9.80. The number of ether oxygens (including phenoxy) is 1. The average molecular weight is 195 g/mol. The van der Waals surface area contributed by atoms with Crippen LogP contribution in [-0.4, -0.2) is 29.3 Å². The summed E-state index contributed by atoms with van der Waals surface area (Å²) in [6.45, 7) is 5.71. The van der Waals surface area contributed by atoms with Crippen LogP contribution in [0.3, 0.4) is 0 Å². The van der Waals surface area contributed by atoms with Gasteiger partial charge >= 0.3 is 0 Å². The molecule has 1 aromatic heterocycles. The minimum absolute atomic E-state index is 0.492. The molecule has 0 amide bonds. The van der Waals surface area contributed by atoms with E-state index in [1.165, 1.54) is 5.69 Å². The molecule has 0 aromatic carbocycles. The van der Waals surface area contributed by atoms with Crippen LogP contribution in [0, 0.1) is 0 Å². The molecule has 1 unspecified atom stereocenters. The van der Waals surface area contributed by atoms with Crippen molar-refractivity contribution in [1.29, 1.82) is 0 Å². The molecule has 1 aliphatic rings. The molecule has 0 aliphatic carbocycles. The Morgan fingerprint density at radius 2 is 2.64 bits per heavy atom. The fraction of sp³-hybridized carbons (Fsp3) is 0.700. The van der Waals surface area contributed by atoms with Crippen molar-refractivity contribution in [3.05, 3.63) is 18.2 Å². The molecule has 1 atom stereocenters. The van der Waals surface area contributed by atoms with E-state index in [9.17, 15) is 0 Å². The van der Waals surface area contributed by atoms with Crippen molar-refractivity contribution in [2.75, 3.05) is 19.8 Å². The van der Waals surface area contributed by atoms with Crippen molar-refractivity contribution in [2.24, 2.45) is 0 Å². The largest absolute Gasteiger partial charge is 0.379 e. The lowest BCUT2D eigenvalue weighted by Gasteiger charge is -2.13. The Morgan fingerprint density at radius 3 is 3.36 bits per heavy atom. The van der Waals surface area contributed by atoms with Gasteiger partial charge < -0.3 is 14.6 Å². The highest BCUT2D eigenvalue weighted by atomic mass is 16.5. The predicted molar refractivity (Wildman–Crippen MR) is 54.1 cm³/mol. The highest BCUT2D eigenvalue weighted by Crippen LogP contribution is 2.20. The van der Waals surface area contributed by atoms with Gasteiger partial charge in [0.05, 0.1) is 24.7 Å². The van der Waals surface area contributed by atoms with E-state index in [0.29, 0.717) is 6.04 Å². The lowest BCUT2D eigenvalue weighted by molar-refractivity contribution is 0.186. The van der Waals surface area contributed by atoms with E-state index in [-0.39, 0.29) is 0 Å². The Hall–Kier alpha value is -0.870. The molecule has 0 bridgehead atoms. The summed E-state index contributed by atoms with van der Waals surface area (Å²) in [4.78, 5) is 4.19. The molecule has 4 heteroatoms. The summed E-state index contributed by atoms with van der Waals surface area (Å²) in [7, 11) is 0. The van der Waals surface area contributed by atoms with E-state index in [1.54, 1.807) is 0 Å². The molecular weight excluding hydrogens is 178 g/mol. The molecule has 1 saturated heterocycles. The van der Waals surface area contributed by atoms with E-state index in [4.69, 9.17) is 4.74 Å². The Bertz CT molecular complexity index is 279. The van der Waals surface area contributed by atoms with Gasteiger partial charge in [0.1, 0.15) is 0 Å². The van der Waals surface area contributed by atoms with Crippen LogP contribution in [0.1, 0.15) is 25.1 Å². The van der Waals surface area contributed by atoms with Crippen molar-refractivity contribution >= 4 is 0 Å².